The number of benzene rings is 1. The maximum absolute atomic E-state index is 9.57. The lowest BCUT2D eigenvalue weighted by Gasteiger charge is -2.17. The van der Waals surface area contributed by atoms with Crippen LogP contribution in [-0.4, -0.2) is 5.11 Å². The highest BCUT2D eigenvalue weighted by Gasteiger charge is 2.14. The molecule has 0 radical (unpaired) electrons. The van der Waals surface area contributed by atoms with Crippen LogP contribution in [-0.2, 0) is 4.74 Å². The molecule has 1 unspecified atom stereocenters. The van der Waals surface area contributed by atoms with E-state index in [1.54, 1.807) is 24.3 Å². The summed E-state index contributed by atoms with van der Waals surface area (Å²) in [6, 6.07) is 7.05. The number of phenolic OH excluding ortho intramolecular Hbond substituents is 1. The van der Waals surface area contributed by atoms with Crippen LogP contribution in [0.4, 0.5) is 0 Å². The molecule has 3 N–H and O–H groups in total. The lowest BCUT2D eigenvalue weighted by molar-refractivity contribution is 0.181. The van der Waals surface area contributed by atoms with Crippen molar-refractivity contribution in [1.82, 2.24) is 0 Å². The van der Waals surface area contributed by atoms with E-state index in [-0.39, 0.29) is 11.9 Å². The second-order valence-electron chi connectivity index (χ2n) is 3.08. The number of allylic oxidation sites excluding steroid dienone is 1. The summed E-state index contributed by atoms with van der Waals surface area (Å²) in [4.78, 5) is 0. The van der Waals surface area contributed by atoms with E-state index in [2.05, 4.69) is 0 Å². The molecular formula is C11H11NO2. The zero-order valence-corrected chi connectivity index (χ0v) is 7.55. The molecule has 0 saturated heterocycles. The molecule has 0 aromatic heterocycles. The normalized spacial score (nSPS) is 20.0. The molecule has 0 aliphatic carbocycles. The van der Waals surface area contributed by atoms with Crippen molar-refractivity contribution in [3.63, 3.8) is 0 Å². The highest BCUT2D eigenvalue weighted by molar-refractivity contribution is 5.37. The second-order valence-corrected chi connectivity index (χ2v) is 3.08. The van der Waals surface area contributed by atoms with Gasteiger partial charge in [0.25, 0.3) is 0 Å². The van der Waals surface area contributed by atoms with Gasteiger partial charge in [-0.2, -0.15) is 0 Å². The van der Waals surface area contributed by atoms with E-state index in [9.17, 15) is 5.11 Å². The van der Waals surface area contributed by atoms with Gasteiger partial charge in [0, 0.05) is 11.3 Å². The Morgan fingerprint density at radius 1 is 1.29 bits per heavy atom. The maximum Gasteiger partial charge on any atom is 0.147 e. The first-order valence-corrected chi connectivity index (χ1v) is 4.34. The van der Waals surface area contributed by atoms with E-state index in [1.807, 2.05) is 12.1 Å². The molecule has 3 nitrogen and oxygen atoms in total. The van der Waals surface area contributed by atoms with Gasteiger partial charge in [-0.15, -0.1) is 0 Å². The van der Waals surface area contributed by atoms with Crippen LogP contribution in [0.1, 0.15) is 11.7 Å². The molecule has 72 valence electrons. The number of hydrogen-bond acceptors (Lipinski definition) is 3. The summed E-state index contributed by atoms with van der Waals surface area (Å²) in [6.45, 7) is 0. The van der Waals surface area contributed by atoms with Gasteiger partial charge in [-0.3, -0.25) is 0 Å². The predicted octanol–water partition coefficient (Wildman–Crippen LogP) is 1.82. The number of para-hydroxylation sites is 1. The molecule has 0 bridgehead atoms. The van der Waals surface area contributed by atoms with Crippen LogP contribution < -0.4 is 5.73 Å². The molecule has 14 heavy (non-hydrogen) atoms. The molecule has 0 saturated carbocycles. The quantitative estimate of drug-likeness (QED) is 0.708. The smallest absolute Gasteiger partial charge is 0.147 e. The standard InChI is InChI=1S/C11H11NO2/c12-8-5-6-14-11(7-8)9-3-1-2-4-10(9)13/h1-7,11,13H,12H2. The molecule has 1 heterocycles. The summed E-state index contributed by atoms with van der Waals surface area (Å²) in [7, 11) is 0. The maximum atomic E-state index is 9.57. The summed E-state index contributed by atoms with van der Waals surface area (Å²) in [5.41, 5.74) is 6.99. The molecule has 0 amide bonds. The van der Waals surface area contributed by atoms with Crippen LogP contribution in [0.5, 0.6) is 5.75 Å². The van der Waals surface area contributed by atoms with E-state index in [0.29, 0.717) is 5.70 Å². The van der Waals surface area contributed by atoms with E-state index in [1.165, 1.54) is 6.26 Å². The predicted molar refractivity (Wildman–Crippen MR) is 53.3 cm³/mol. The lowest BCUT2D eigenvalue weighted by Crippen LogP contribution is -2.06. The Morgan fingerprint density at radius 3 is 2.79 bits per heavy atom. The first-order valence-electron chi connectivity index (χ1n) is 4.34. The van der Waals surface area contributed by atoms with Gasteiger partial charge < -0.3 is 15.6 Å². The highest BCUT2D eigenvalue weighted by atomic mass is 16.5. The monoisotopic (exact) mass is 189 g/mol. The second kappa shape index (κ2) is 3.46. The van der Waals surface area contributed by atoms with Crippen LogP contribution in [0.25, 0.3) is 0 Å². The topological polar surface area (TPSA) is 55.5 Å². The minimum Gasteiger partial charge on any atom is -0.508 e. The van der Waals surface area contributed by atoms with Crippen LogP contribution in [0, 0.1) is 0 Å². The fourth-order valence-electron chi connectivity index (χ4n) is 1.36. The molecule has 1 aliphatic heterocycles. The van der Waals surface area contributed by atoms with Crippen LogP contribution in [0.3, 0.4) is 0 Å². The van der Waals surface area contributed by atoms with E-state index >= 15 is 0 Å². The minimum atomic E-state index is -0.291. The van der Waals surface area contributed by atoms with Gasteiger partial charge in [-0.1, -0.05) is 18.2 Å². The third-order valence-electron chi connectivity index (χ3n) is 2.07. The minimum absolute atomic E-state index is 0.219. The Hall–Kier alpha value is -1.90. The van der Waals surface area contributed by atoms with Crippen LogP contribution >= 0.6 is 0 Å². The molecule has 0 fully saturated rings. The Labute approximate surface area is 82.1 Å². The van der Waals surface area contributed by atoms with Crippen molar-refractivity contribution < 1.29 is 9.84 Å². The van der Waals surface area contributed by atoms with Gasteiger partial charge in [-0.05, 0) is 18.2 Å². The fourth-order valence-corrected chi connectivity index (χ4v) is 1.36. The molecule has 0 spiro atoms. The van der Waals surface area contributed by atoms with Gasteiger partial charge in [0.1, 0.15) is 11.9 Å². The van der Waals surface area contributed by atoms with Gasteiger partial charge >= 0.3 is 0 Å². The summed E-state index contributed by atoms with van der Waals surface area (Å²) in [5.74, 6) is 0.219. The number of aromatic hydroxyl groups is 1. The first kappa shape index (κ1) is 8.69. The number of ether oxygens (including phenoxy) is 1. The molecule has 1 aromatic carbocycles. The zero-order chi connectivity index (χ0) is 9.97. The number of hydrogen-bond donors (Lipinski definition) is 2. The van der Waals surface area contributed by atoms with Gasteiger partial charge in [-0.25, -0.2) is 0 Å². The van der Waals surface area contributed by atoms with Gasteiger partial charge in [0.05, 0.1) is 6.26 Å². The zero-order valence-electron chi connectivity index (χ0n) is 7.55. The summed E-state index contributed by atoms with van der Waals surface area (Å²) >= 11 is 0. The first-order chi connectivity index (χ1) is 6.77. The Morgan fingerprint density at radius 2 is 2.07 bits per heavy atom. The summed E-state index contributed by atoms with van der Waals surface area (Å²) in [6.07, 6.45) is 4.68. The fraction of sp³-hybridized carbons (Fsp3) is 0.0909. The number of rotatable bonds is 1. The molecular weight excluding hydrogens is 178 g/mol. The van der Waals surface area contributed by atoms with E-state index < -0.39 is 0 Å². The van der Waals surface area contributed by atoms with Crippen molar-refractivity contribution in [3.05, 3.63) is 53.9 Å². The van der Waals surface area contributed by atoms with Crippen molar-refractivity contribution in [1.29, 1.82) is 0 Å². The van der Waals surface area contributed by atoms with Crippen molar-refractivity contribution in [2.45, 2.75) is 6.10 Å². The van der Waals surface area contributed by atoms with Crippen molar-refractivity contribution in [2.75, 3.05) is 0 Å². The summed E-state index contributed by atoms with van der Waals surface area (Å²) < 4.78 is 5.32. The van der Waals surface area contributed by atoms with Gasteiger partial charge in [0.2, 0.25) is 0 Å². The van der Waals surface area contributed by atoms with E-state index in [4.69, 9.17) is 10.5 Å². The average molecular weight is 189 g/mol. The van der Waals surface area contributed by atoms with Crippen molar-refractivity contribution in [3.8, 4) is 5.75 Å². The molecule has 1 aromatic rings. The Balaban J connectivity index is 2.33. The SMILES string of the molecule is NC1=CC(c2ccccc2O)OC=C1. The number of nitrogens with two attached hydrogens (primary N) is 1. The van der Waals surface area contributed by atoms with Crippen molar-refractivity contribution >= 4 is 0 Å². The largest absolute Gasteiger partial charge is 0.508 e. The average Bonchev–Trinajstić information content (AvgIpc) is 2.18. The van der Waals surface area contributed by atoms with Crippen LogP contribution in [0.15, 0.2) is 48.4 Å². The number of phenols is 1. The Kier molecular flexibility index (Phi) is 2.14. The third-order valence-corrected chi connectivity index (χ3v) is 2.07. The van der Waals surface area contributed by atoms with Crippen molar-refractivity contribution in [2.24, 2.45) is 5.73 Å². The molecule has 1 atom stereocenters. The Bertz CT molecular complexity index is 396. The highest BCUT2D eigenvalue weighted by Crippen LogP contribution is 2.29. The lowest BCUT2D eigenvalue weighted by atomic mass is 10.1. The van der Waals surface area contributed by atoms with Crippen LogP contribution in [0.2, 0.25) is 0 Å². The van der Waals surface area contributed by atoms with Gasteiger partial charge in [0.15, 0.2) is 0 Å². The molecule has 1 aliphatic rings. The third kappa shape index (κ3) is 1.57. The molecule has 3 heteroatoms. The summed E-state index contributed by atoms with van der Waals surface area (Å²) in [5, 5.41) is 9.57. The van der Waals surface area contributed by atoms with E-state index in [0.717, 1.165) is 5.56 Å². The molecule has 2 rings (SSSR count).